The summed E-state index contributed by atoms with van der Waals surface area (Å²) in [6.45, 7) is 0. The van der Waals surface area contributed by atoms with Gasteiger partial charge in [-0.25, -0.2) is 0 Å². The smallest absolute Gasteiger partial charge is 0.272 e. The number of para-hydroxylation sites is 2. The van der Waals surface area contributed by atoms with Crippen molar-refractivity contribution in [3.05, 3.63) is 150 Å². The number of anilines is 2. The summed E-state index contributed by atoms with van der Waals surface area (Å²) in [6.07, 6.45) is 1.57. The van der Waals surface area contributed by atoms with Crippen molar-refractivity contribution in [3.8, 4) is 17.2 Å². The number of rotatable bonds is 12. The second kappa shape index (κ2) is 15.8. The fraction of sp³-hybridized carbons (Fsp3) is 0.0541. The van der Waals surface area contributed by atoms with Gasteiger partial charge in [-0.1, -0.05) is 60.7 Å². The molecule has 0 atom stereocenters. The molecule has 0 fully saturated rings. The molecule has 0 saturated heterocycles. The summed E-state index contributed by atoms with van der Waals surface area (Å²) < 4.78 is 11.2. The molecule has 0 bridgehead atoms. The normalized spacial score (nSPS) is 10.8. The molecule has 0 radical (unpaired) electrons. The molecule has 0 spiro atoms. The topological polar surface area (TPSA) is 106 Å². The van der Waals surface area contributed by atoms with Crippen LogP contribution in [-0.4, -0.2) is 30.6 Å². The molecule has 0 aliphatic carbocycles. The molecular weight excluding hydrogens is 598 g/mol. The fourth-order valence-electron chi connectivity index (χ4n) is 4.32. The van der Waals surface area contributed by atoms with Gasteiger partial charge in [-0.05, 0) is 78.9 Å². The molecule has 5 aromatic rings. The van der Waals surface area contributed by atoms with Gasteiger partial charge in [-0.3, -0.25) is 14.4 Å². The van der Waals surface area contributed by atoms with Crippen LogP contribution in [0.15, 0.2) is 144 Å². The van der Waals surface area contributed by atoms with E-state index in [-0.39, 0.29) is 17.4 Å². The Balaban J connectivity index is 1.21. The lowest BCUT2D eigenvalue weighted by Crippen LogP contribution is -2.30. The van der Waals surface area contributed by atoms with Crippen molar-refractivity contribution in [1.29, 1.82) is 0 Å². The largest absolute Gasteiger partial charge is 0.496 e. The van der Waals surface area contributed by atoms with Crippen LogP contribution in [-0.2, 0) is 9.59 Å². The third-order valence-electron chi connectivity index (χ3n) is 6.55. The number of methoxy groups -OCH3 is 1. The summed E-state index contributed by atoms with van der Waals surface area (Å²) in [5, 5.41) is 8.48. The summed E-state index contributed by atoms with van der Waals surface area (Å²) in [4.78, 5) is 39.9. The number of carbonyl (C=O) groups excluding carboxylic acids is 3. The monoisotopic (exact) mass is 629 g/mol. The standard InChI is InChI=1S/C37H31N3O5S/c1-44-34-18-9-8-13-27(34)23-33(40-36(42)26-11-4-2-5-12-26)37(43)39-29-14-10-17-32(24-29)46-25-35(41)38-28-19-21-31(22-20-28)45-30-15-6-3-7-16-30/h2-24H,25H2,1H3,(H,38,41)(H,39,43)(H,40,42)/b33-23+. The Labute approximate surface area is 271 Å². The Bertz CT molecular complexity index is 1830. The number of thioether (sulfide) groups is 1. The number of carbonyl (C=O) groups is 3. The maximum atomic E-state index is 13.5. The molecule has 0 aliphatic heterocycles. The molecule has 3 N–H and O–H groups in total. The second-order valence-electron chi connectivity index (χ2n) is 9.88. The maximum Gasteiger partial charge on any atom is 0.272 e. The fourth-order valence-corrected chi connectivity index (χ4v) is 5.08. The lowest BCUT2D eigenvalue weighted by atomic mass is 10.1. The predicted molar refractivity (Wildman–Crippen MR) is 182 cm³/mol. The van der Waals surface area contributed by atoms with Crippen molar-refractivity contribution in [2.45, 2.75) is 4.90 Å². The molecule has 9 heteroatoms. The maximum absolute atomic E-state index is 13.5. The first kappa shape index (κ1) is 31.6. The van der Waals surface area contributed by atoms with E-state index >= 15 is 0 Å². The van der Waals surface area contributed by atoms with E-state index < -0.39 is 11.8 Å². The van der Waals surface area contributed by atoms with Gasteiger partial charge < -0.3 is 25.4 Å². The van der Waals surface area contributed by atoms with E-state index in [1.54, 1.807) is 84.9 Å². The van der Waals surface area contributed by atoms with Crippen LogP contribution in [0.5, 0.6) is 17.2 Å². The molecule has 5 aromatic carbocycles. The summed E-state index contributed by atoms with van der Waals surface area (Å²) in [7, 11) is 1.54. The molecule has 3 amide bonds. The van der Waals surface area contributed by atoms with Crippen LogP contribution in [0.25, 0.3) is 6.08 Å². The molecule has 8 nitrogen and oxygen atoms in total. The zero-order valence-corrected chi connectivity index (χ0v) is 25.8. The summed E-state index contributed by atoms with van der Waals surface area (Å²) in [5.41, 5.74) is 2.23. The first-order valence-electron chi connectivity index (χ1n) is 14.3. The molecule has 5 rings (SSSR count). The van der Waals surface area contributed by atoms with Gasteiger partial charge in [0.2, 0.25) is 5.91 Å². The minimum absolute atomic E-state index is 0.0379. The van der Waals surface area contributed by atoms with E-state index in [4.69, 9.17) is 9.47 Å². The van der Waals surface area contributed by atoms with Crippen LogP contribution in [0.1, 0.15) is 15.9 Å². The quantitative estimate of drug-likeness (QED) is 0.0968. The number of benzene rings is 5. The van der Waals surface area contributed by atoms with Crippen LogP contribution in [0.2, 0.25) is 0 Å². The summed E-state index contributed by atoms with van der Waals surface area (Å²) in [6, 6.07) is 39.6. The molecule has 46 heavy (non-hydrogen) atoms. The predicted octanol–water partition coefficient (Wildman–Crippen LogP) is 7.63. The second-order valence-corrected chi connectivity index (χ2v) is 10.9. The van der Waals surface area contributed by atoms with Gasteiger partial charge in [0.15, 0.2) is 0 Å². The highest BCUT2D eigenvalue weighted by atomic mass is 32.2. The molecule has 0 aliphatic rings. The Hall–Kier alpha value is -5.80. The average molecular weight is 630 g/mol. The van der Waals surface area contributed by atoms with Gasteiger partial charge >= 0.3 is 0 Å². The van der Waals surface area contributed by atoms with Crippen molar-refractivity contribution >= 4 is 46.9 Å². The Kier molecular flexibility index (Phi) is 10.8. The molecule has 0 unspecified atom stereocenters. The van der Waals surface area contributed by atoms with Crippen molar-refractivity contribution in [2.75, 3.05) is 23.5 Å². The van der Waals surface area contributed by atoms with Crippen molar-refractivity contribution in [2.24, 2.45) is 0 Å². The van der Waals surface area contributed by atoms with Crippen LogP contribution in [0.3, 0.4) is 0 Å². The van der Waals surface area contributed by atoms with Gasteiger partial charge in [-0.15, -0.1) is 11.8 Å². The first-order valence-corrected chi connectivity index (χ1v) is 15.3. The molecule has 0 saturated carbocycles. The Morgan fingerprint density at radius 1 is 0.696 bits per heavy atom. The molecular formula is C37H31N3O5S. The van der Waals surface area contributed by atoms with E-state index in [1.165, 1.54) is 18.9 Å². The van der Waals surface area contributed by atoms with Gasteiger partial charge in [-0.2, -0.15) is 0 Å². The summed E-state index contributed by atoms with van der Waals surface area (Å²) in [5.74, 6) is 0.982. The number of hydrogen-bond donors (Lipinski definition) is 3. The molecule has 0 aromatic heterocycles. The van der Waals surface area contributed by atoms with Crippen LogP contribution in [0.4, 0.5) is 11.4 Å². The van der Waals surface area contributed by atoms with E-state index in [9.17, 15) is 14.4 Å². The van der Waals surface area contributed by atoms with E-state index in [0.717, 1.165) is 10.6 Å². The van der Waals surface area contributed by atoms with Crippen molar-refractivity contribution in [3.63, 3.8) is 0 Å². The Morgan fingerprint density at radius 3 is 2.11 bits per heavy atom. The van der Waals surface area contributed by atoms with Crippen molar-refractivity contribution < 1.29 is 23.9 Å². The highest BCUT2D eigenvalue weighted by Gasteiger charge is 2.16. The highest BCUT2D eigenvalue weighted by Crippen LogP contribution is 2.25. The average Bonchev–Trinajstić information content (AvgIpc) is 3.09. The van der Waals surface area contributed by atoms with Gasteiger partial charge in [0, 0.05) is 27.4 Å². The zero-order chi connectivity index (χ0) is 32.1. The van der Waals surface area contributed by atoms with Crippen LogP contribution >= 0.6 is 11.8 Å². The van der Waals surface area contributed by atoms with Crippen molar-refractivity contribution in [1.82, 2.24) is 5.32 Å². The van der Waals surface area contributed by atoms with Gasteiger partial charge in [0.25, 0.3) is 11.8 Å². The molecule has 230 valence electrons. The minimum Gasteiger partial charge on any atom is -0.496 e. The first-order chi connectivity index (χ1) is 22.5. The van der Waals surface area contributed by atoms with E-state index in [2.05, 4.69) is 16.0 Å². The number of amides is 3. The zero-order valence-electron chi connectivity index (χ0n) is 24.9. The molecule has 0 heterocycles. The number of nitrogens with one attached hydrogen (secondary N) is 3. The Morgan fingerprint density at radius 2 is 1.37 bits per heavy atom. The van der Waals surface area contributed by atoms with Gasteiger partial charge in [0.1, 0.15) is 22.9 Å². The lowest BCUT2D eigenvalue weighted by Gasteiger charge is -2.13. The number of ether oxygens (including phenoxy) is 2. The SMILES string of the molecule is COc1ccccc1/C=C(/NC(=O)c1ccccc1)C(=O)Nc1cccc(SCC(=O)Nc2ccc(Oc3ccccc3)cc2)c1. The number of hydrogen-bond acceptors (Lipinski definition) is 6. The minimum atomic E-state index is -0.519. The van der Waals surface area contributed by atoms with Gasteiger partial charge in [0.05, 0.1) is 12.9 Å². The van der Waals surface area contributed by atoms with Crippen LogP contribution in [0, 0.1) is 0 Å². The highest BCUT2D eigenvalue weighted by molar-refractivity contribution is 8.00. The summed E-state index contributed by atoms with van der Waals surface area (Å²) >= 11 is 1.33. The lowest BCUT2D eigenvalue weighted by molar-refractivity contribution is -0.114. The van der Waals surface area contributed by atoms with Crippen LogP contribution < -0.4 is 25.4 Å². The third-order valence-corrected chi connectivity index (χ3v) is 7.54. The van der Waals surface area contributed by atoms with E-state index in [0.29, 0.717) is 34.0 Å². The van der Waals surface area contributed by atoms with E-state index in [1.807, 2.05) is 54.6 Å². The third kappa shape index (κ3) is 9.10.